The van der Waals surface area contributed by atoms with Crippen LogP contribution in [0.15, 0.2) is 47.4 Å². The number of carbonyl (C=O) groups excluding carboxylic acids is 2. The average molecular weight is 491 g/mol. The third kappa shape index (κ3) is 4.59. The van der Waals surface area contributed by atoms with Gasteiger partial charge in [-0.25, -0.2) is 13.2 Å². The molecular formula is C24H27ClN2O5S. The van der Waals surface area contributed by atoms with Gasteiger partial charge in [-0.3, -0.25) is 9.10 Å². The molecule has 9 heteroatoms. The number of para-hydroxylation sites is 1. The van der Waals surface area contributed by atoms with Crippen molar-refractivity contribution in [3.63, 3.8) is 0 Å². The van der Waals surface area contributed by atoms with Crippen LogP contribution in [0.2, 0.25) is 5.02 Å². The minimum Gasteiger partial charge on any atom is -0.452 e. The largest absolute Gasteiger partial charge is 0.452 e. The van der Waals surface area contributed by atoms with E-state index in [4.69, 9.17) is 16.3 Å². The third-order valence-corrected chi connectivity index (χ3v) is 8.68. The summed E-state index contributed by atoms with van der Waals surface area (Å²) in [5, 5.41) is 0.0166. The molecule has 0 spiro atoms. The van der Waals surface area contributed by atoms with Crippen molar-refractivity contribution in [3.8, 4) is 0 Å². The zero-order valence-corrected chi connectivity index (χ0v) is 20.2. The Kier molecular flexibility index (Phi) is 6.68. The van der Waals surface area contributed by atoms with Gasteiger partial charge in [-0.05, 0) is 69.4 Å². The molecule has 1 saturated heterocycles. The van der Waals surface area contributed by atoms with Crippen molar-refractivity contribution in [2.45, 2.75) is 56.5 Å². The highest BCUT2D eigenvalue weighted by Crippen LogP contribution is 2.35. The predicted octanol–water partition coefficient (Wildman–Crippen LogP) is 4.04. The van der Waals surface area contributed by atoms with Crippen LogP contribution in [-0.4, -0.2) is 50.4 Å². The Morgan fingerprint density at radius 1 is 1.09 bits per heavy atom. The first-order valence-electron chi connectivity index (χ1n) is 11.1. The second kappa shape index (κ2) is 9.35. The molecule has 2 aromatic carbocycles. The first kappa shape index (κ1) is 23.6. The number of anilines is 1. The number of amides is 1. The normalized spacial score (nSPS) is 20.5. The maximum Gasteiger partial charge on any atom is 0.338 e. The molecule has 0 N–H and O–H groups in total. The van der Waals surface area contributed by atoms with Crippen molar-refractivity contribution in [2.24, 2.45) is 0 Å². The molecule has 33 heavy (non-hydrogen) atoms. The molecule has 1 amide bonds. The van der Waals surface area contributed by atoms with Gasteiger partial charge in [0.1, 0.15) is 4.90 Å². The van der Waals surface area contributed by atoms with Crippen molar-refractivity contribution in [1.82, 2.24) is 4.90 Å². The molecule has 2 heterocycles. The summed E-state index contributed by atoms with van der Waals surface area (Å²) in [4.78, 5) is 26.9. The molecular weight excluding hydrogens is 464 g/mol. The smallest absolute Gasteiger partial charge is 0.338 e. The summed E-state index contributed by atoms with van der Waals surface area (Å²) >= 11 is 6.23. The highest BCUT2D eigenvalue weighted by molar-refractivity contribution is 7.93. The summed E-state index contributed by atoms with van der Waals surface area (Å²) in [6.45, 7) is 3.88. The van der Waals surface area contributed by atoms with Crippen LogP contribution in [0.25, 0.3) is 0 Å². The summed E-state index contributed by atoms with van der Waals surface area (Å²) in [6, 6.07) is 11.5. The minimum atomic E-state index is -3.98. The average Bonchev–Trinajstić information content (AvgIpc) is 3.22. The molecule has 2 atom stereocenters. The summed E-state index contributed by atoms with van der Waals surface area (Å²) in [7, 11) is -3.98. The third-order valence-electron chi connectivity index (χ3n) is 6.39. The van der Waals surface area contributed by atoms with E-state index in [1.807, 2.05) is 26.0 Å². The molecule has 0 aromatic heterocycles. The molecule has 7 nitrogen and oxygen atoms in total. The number of ether oxygens (including phenoxy) is 1. The fourth-order valence-corrected chi connectivity index (χ4v) is 6.71. The van der Waals surface area contributed by atoms with Crippen LogP contribution in [-0.2, 0) is 26.0 Å². The highest BCUT2D eigenvalue weighted by atomic mass is 35.5. The Morgan fingerprint density at radius 3 is 2.52 bits per heavy atom. The second-order valence-corrected chi connectivity index (χ2v) is 10.8. The van der Waals surface area contributed by atoms with Gasteiger partial charge in [0.05, 0.1) is 16.3 Å². The Bertz CT molecular complexity index is 1170. The predicted molar refractivity (Wildman–Crippen MR) is 126 cm³/mol. The fraction of sp³-hybridized carbons (Fsp3) is 0.417. The maximum atomic E-state index is 13.4. The number of hydrogen-bond acceptors (Lipinski definition) is 5. The molecule has 0 saturated carbocycles. The topological polar surface area (TPSA) is 84.0 Å². The lowest BCUT2D eigenvalue weighted by Gasteiger charge is -2.38. The number of likely N-dealkylation sites (tertiary alicyclic amines) is 1. The van der Waals surface area contributed by atoms with E-state index in [-0.39, 0.29) is 33.5 Å². The minimum absolute atomic E-state index is 0.0166. The van der Waals surface area contributed by atoms with Gasteiger partial charge in [0.25, 0.3) is 15.9 Å². The van der Waals surface area contributed by atoms with Gasteiger partial charge in [-0.2, -0.15) is 0 Å². The van der Waals surface area contributed by atoms with Crippen LogP contribution < -0.4 is 4.31 Å². The standard InChI is InChI=1S/C24H27ClN2O5S/c1-16-6-5-7-17(2)27(16)23(28)15-32-24(29)19-10-11-20(25)22(14-19)33(30,31)26-13-12-18-8-3-4-9-21(18)26/h3-4,8-11,14,16-17H,5-7,12-13,15H2,1-2H3/t16-,17+. The Labute approximate surface area is 199 Å². The number of piperidine rings is 1. The lowest BCUT2D eigenvalue weighted by atomic mass is 9.97. The zero-order chi connectivity index (χ0) is 23.8. The molecule has 0 bridgehead atoms. The molecule has 2 aliphatic rings. The van der Waals surface area contributed by atoms with Crippen molar-refractivity contribution < 1.29 is 22.7 Å². The lowest BCUT2D eigenvalue weighted by molar-refractivity contribution is -0.140. The van der Waals surface area contributed by atoms with Crippen molar-refractivity contribution in [2.75, 3.05) is 17.5 Å². The van der Waals surface area contributed by atoms with Gasteiger partial charge < -0.3 is 9.64 Å². The van der Waals surface area contributed by atoms with Crippen LogP contribution >= 0.6 is 11.6 Å². The first-order chi connectivity index (χ1) is 15.7. The van der Waals surface area contributed by atoms with E-state index >= 15 is 0 Å². The van der Waals surface area contributed by atoms with Crippen LogP contribution in [0, 0.1) is 0 Å². The summed E-state index contributed by atoms with van der Waals surface area (Å²) < 4.78 is 33.3. The van der Waals surface area contributed by atoms with E-state index in [1.165, 1.54) is 22.5 Å². The van der Waals surface area contributed by atoms with E-state index in [1.54, 1.807) is 17.0 Å². The maximum absolute atomic E-state index is 13.4. The van der Waals surface area contributed by atoms with Gasteiger partial charge in [0.2, 0.25) is 0 Å². The number of benzene rings is 2. The van der Waals surface area contributed by atoms with Gasteiger partial charge >= 0.3 is 5.97 Å². The Morgan fingerprint density at radius 2 is 1.79 bits per heavy atom. The second-order valence-electron chi connectivity index (χ2n) is 8.61. The Hall–Kier alpha value is -2.58. The monoisotopic (exact) mass is 490 g/mol. The molecule has 1 fully saturated rings. The summed E-state index contributed by atoms with van der Waals surface area (Å²) in [6.07, 6.45) is 3.50. The lowest BCUT2D eigenvalue weighted by Crippen LogP contribution is -2.49. The number of rotatable bonds is 5. The van der Waals surface area contributed by atoms with E-state index in [0.29, 0.717) is 18.7 Å². The van der Waals surface area contributed by atoms with Crippen molar-refractivity contribution >= 4 is 39.2 Å². The van der Waals surface area contributed by atoms with E-state index in [0.717, 1.165) is 24.8 Å². The first-order valence-corrected chi connectivity index (χ1v) is 12.9. The van der Waals surface area contributed by atoms with Crippen LogP contribution in [0.5, 0.6) is 0 Å². The van der Waals surface area contributed by atoms with E-state index < -0.39 is 22.6 Å². The number of nitrogens with zero attached hydrogens (tertiary/aromatic N) is 2. The number of carbonyl (C=O) groups is 2. The van der Waals surface area contributed by atoms with Gasteiger partial charge in [0.15, 0.2) is 6.61 Å². The quantitative estimate of drug-likeness (QED) is 0.590. The van der Waals surface area contributed by atoms with Gasteiger partial charge in [0, 0.05) is 18.6 Å². The number of esters is 1. The summed E-state index contributed by atoms with van der Waals surface area (Å²) in [5.74, 6) is -1.02. The molecule has 4 rings (SSSR count). The number of halogens is 1. The molecule has 176 valence electrons. The SMILES string of the molecule is C[C@@H]1CCC[C@H](C)N1C(=O)COC(=O)c1ccc(Cl)c(S(=O)(=O)N2CCc3ccccc32)c1. The molecule has 2 aliphatic heterocycles. The molecule has 0 aliphatic carbocycles. The molecule has 2 aromatic rings. The fourth-order valence-electron chi connectivity index (χ4n) is 4.70. The number of fused-ring (bicyclic) bond motifs is 1. The van der Waals surface area contributed by atoms with E-state index in [2.05, 4.69) is 0 Å². The number of sulfonamides is 1. The van der Waals surface area contributed by atoms with Crippen molar-refractivity contribution in [1.29, 1.82) is 0 Å². The van der Waals surface area contributed by atoms with Crippen molar-refractivity contribution in [3.05, 3.63) is 58.6 Å². The zero-order valence-electron chi connectivity index (χ0n) is 18.7. The molecule has 0 radical (unpaired) electrons. The summed E-state index contributed by atoms with van der Waals surface area (Å²) in [5.41, 5.74) is 1.57. The Balaban J connectivity index is 1.51. The highest BCUT2D eigenvalue weighted by Gasteiger charge is 2.33. The molecule has 0 unspecified atom stereocenters. The van der Waals surface area contributed by atoms with Crippen LogP contribution in [0.4, 0.5) is 5.69 Å². The van der Waals surface area contributed by atoms with Crippen LogP contribution in [0.1, 0.15) is 49.0 Å². The van der Waals surface area contributed by atoms with Crippen LogP contribution in [0.3, 0.4) is 0 Å². The van der Waals surface area contributed by atoms with E-state index in [9.17, 15) is 18.0 Å². The van der Waals surface area contributed by atoms with Gasteiger partial charge in [-0.1, -0.05) is 29.8 Å². The number of hydrogen-bond donors (Lipinski definition) is 0. The van der Waals surface area contributed by atoms with Gasteiger partial charge in [-0.15, -0.1) is 0 Å².